The summed E-state index contributed by atoms with van der Waals surface area (Å²) in [4.78, 5) is 17.7. The molecule has 1 N–H and O–H groups in total. The van der Waals surface area contributed by atoms with Gasteiger partial charge in [0.05, 0.1) is 10.1 Å². The fourth-order valence-corrected chi connectivity index (χ4v) is 5.29. The first kappa shape index (κ1) is 17.7. The van der Waals surface area contributed by atoms with Crippen molar-refractivity contribution in [3.05, 3.63) is 53.0 Å². The first-order valence-electron chi connectivity index (χ1n) is 9.40. The number of aromatic amines is 1. The number of para-hydroxylation sites is 1. The van der Waals surface area contributed by atoms with Gasteiger partial charge in [0.25, 0.3) is 0 Å². The zero-order valence-electron chi connectivity index (χ0n) is 15.7. The number of carbonyl (C=O) groups is 1. The second-order valence-electron chi connectivity index (χ2n) is 7.18. The predicted molar refractivity (Wildman–Crippen MR) is 114 cm³/mol. The lowest BCUT2D eigenvalue weighted by Crippen LogP contribution is -2.15. The number of hydrogen-bond donors (Lipinski definition) is 1. The molecular formula is C21H20N4OS2. The molecule has 7 heteroatoms. The maximum Gasteiger partial charge on any atom is 0.192 e. The average molecular weight is 409 g/mol. The van der Waals surface area contributed by atoms with Crippen LogP contribution < -0.4 is 0 Å². The van der Waals surface area contributed by atoms with Gasteiger partial charge in [-0.25, -0.2) is 0 Å². The molecule has 3 aromatic heterocycles. The molecule has 1 aliphatic rings. The van der Waals surface area contributed by atoms with E-state index in [0.717, 1.165) is 50.9 Å². The summed E-state index contributed by atoms with van der Waals surface area (Å²) in [6.45, 7) is 3.93. The largest absolute Gasteiger partial charge is 0.358 e. The van der Waals surface area contributed by atoms with Gasteiger partial charge in [-0.2, -0.15) is 0 Å². The number of nitrogens with one attached hydrogen (secondary N) is 1. The maximum atomic E-state index is 13.3. The fourth-order valence-electron chi connectivity index (χ4n) is 3.60. The highest BCUT2D eigenvalue weighted by Crippen LogP contribution is 2.42. The van der Waals surface area contributed by atoms with Crippen LogP contribution in [0.25, 0.3) is 21.6 Å². The molecule has 28 heavy (non-hydrogen) atoms. The van der Waals surface area contributed by atoms with Gasteiger partial charge in [-0.05, 0) is 44.2 Å². The van der Waals surface area contributed by atoms with Crippen LogP contribution in [0.2, 0.25) is 0 Å². The van der Waals surface area contributed by atoms with Crippen LogP contribution in [-0.2, 0) is 0 Å². The Balaban J connectivity index is 1.46. The molecule has 5 nitrogen and oxygen atoms in total. The smallest absolute Gasteiger partial charge is 0.192 e. The number of aromatic nitrogens is 4. The Kier molecular flexibility index (Phi) is 4.36. The van der Waals surface area contributed by atoms with Crippen LogP contribution in [0.5, 0.6) is 0 Å². The lowest BCUT2D eigenvalue weighted by atomic mass is 10.1. The standard InChI is InChI=1S/C21H20N4OS2/c1-12-18(15-6-3-4-7-16(15)22-12)19(26)13(2)28-21-24-23-20(17-8-5-11-27-17)25(21)14-9-10-14/h3-8,11,13-14,22H,9-10H2,1-2H3/t13-/m1/s1. The number of nitrogens with zero attached hydrogens (tertiary/aromatic N) is 3. The van der Waals surface area contributed by atoms with Gasteiger partial charge in [0.2, 0.25) is 0 Å². The Bertz CT molecular complexity index is 1150. The molecule has 0 spiro atoms. The van der Waals surface area contributed by atoms with Gasteiger partial charge in [0, 0.05) is 28.2 Å². The Hall–Kier alpha value is -2.38. The van der Waals surface area contributed by atoms with E-state index in [2.05, 4.69) is 31.2 Å². The third-order valence-corrected chi connectivity index (χ3v) is 7.03. The molecule has 0 bridgehead atoms. The van der Waals surface area contributed by atoms with E-state index in [9.17, 15) is 4.79 Å². The van der Waals surface area contributed by atoms with Crippen molar-refractivity contribution in [3.8, 4) is 10.7 Å². The number of benzene rings is 1. The number of carbonyl (C=O) groups excluding carboxylic acids is 1. The summed E-state index contributed by atoms with van der Waals surface area (Å²) in [6, 6.07) is 12.5. The molecule has 4 aromatic rings. The minimum atomic E-state index is -0.240. The molecule has 1 saturated carbocycles. The highest BCUT2D eigenvalue weighted by molar-refractivity contribution is 8.00. The normalized spacial score (nSPS) is 15.2. The van der Waals surface area contributed by atoms with Crippen LogP contribution in [0.3, 0.4) is 0 Å². The van der Waals surface area contributed by atoms with Crippen molar-refractivity contribution in [2.24, 2.45) is 0 Å². The van der Waals surface area contributed by atoms with Crippen LogP contribution in [0, 0.1) is 6.92 Å². The third kappa shape index (κ3) is 2.99. The number of aryl methyl sites for hydroxylation is 1. The van der Waals surface area contributed by atoms with E-state index in [1.807, 2.05) is 44.2 Å². The van der Waals surface area contributed by atoms with E-state index in [-0.39, 0.29) is 11.0 Å². The number of fused-ring (bicyclic) bond motifs is 1. The SMILES string of the molecule is Cc1[nH]c2ccccc2c1C(=O)[C@@H](C)Sc1nnc(-c2cccs2)n1C1CC1. The Labute approximate surface area is 171 Å². The molecule has 1 atom stereocenters. The van der Waals surface area contributed by atoms with Crippen LogP contribution in [0.1, 0.15) is 41.9 Å². The zero-order valence-corrected chi connectivity index (χ0v) is 17.3. The molecular weight excluding hydrogens is 388 g/mol. The minimum absolute atomic E-state index is 0.128. The number of thioether (sulfide) groups is 1. The van der Waals surface area contributed by atoms with Crippen molar-refractivity contribution in [1.82, 2.24) is 19.7 Å². The molecule has 0 saturated heterocycles. The molecule has 1 fully saturated rings. The maximum absolute atomic E-state index is 13.3. The van der Waals surface area contributed by atoms with Crippen LogP contribution in [0.4, 0.5) is 0 Å². The first-order chi connectivity index (χ1) is 13.6. The van der Waals surface area contributed by atoms with Gasteiger partial charge in [0.15, 0.2) is 16.8 Å². The molecule has 142 valence electrons. The minimum Gasteiger partial charge on any atom is -0.358 e. The van der Waals surface area contributed by atoms with Gasteiger partial charge < -0.3 is 4.98 Å². The van der Waals surface area contributed by atoms with Crippen molar-refractivity contribution in [3.63, 3.8) is 0 Å². The highest BCUT2D eigenvalue weighted by atomic mass is 32.2. The molecule has 1 aromatic carbocycles. The molecule has 5 rings (SSSR count). The van der Waals surface area contributed by atoms with Gasteiger partial charge >= 0.3 is 0 Å². The predicted octanol–water partition coefficient (Wildman–Crippen LogP) is 5.49. The molecule has 0 aliphatic heterocycles. The Morgan fingerprint density at radius 1 is 1.25 bits per heavy atom. The van der Waals surface area contributed by atoms with E-state index in [1.54, 1.807) is 11.3 Å². The molecule has 0 radical (unpaired) electrons. The molecule has 1 aliphatic carbocycles. The Morgan fingerprint density at radius 2 is 2.07 bits per heavy atom. The number of Topliss-reactive ketones (excluding diaryl/α,β-unsaturated/α-hetero) is 1. The van der Waals surface area contributed by atoms with Gasteiger partial charge in [-0.3, -0.25) is 9.36 Å². The van der Waals surface area contributed by atoms with Crippen molar-refractivity contribution < 1.29 is 4.79 Å². The quantitative estimate of drug-likeness (QED) is 0.338. The first-order valence-corrected chi connectivity index (χ1v) is 11.2. The monoisotopic (exact) mass is 408 g/mol. The molecule has 3 heterocycles. The lowest BCUT2D eigenvalue weighted by Gasteiger charge is -2.12. The lowest BCUT2D eigenvalue weighted by molar-refractivity contribution is 0.0995. The summed E-state index contributed by atoms with van der Waals surface area (Å²) in [5.41, 5.74) is 2.70. The fraction of sp³-hybridized carbons (Fsp3) is 0.286. The van der Waals surface area contributed by atoms with E-state index >= 15 is 0 Å². The van der Waals surface area contributed by atoms with E-state index in [4.69, 9.17) is 0 Å². The molecule has 0 amide bonds. The van der Waals surface area contributed by atoms with Crippen molar-refractivity contribution in [2.45, 2.75) is 43.1 Å². The van der Waals surface area contributed by atoms with E-state index in [0.29, 0.717) is 6.04 Å². The number of hydrogen-bond acceptors (Lipinski definition) is 5. The third-order valence-electron chi connectivity index (χ3n) is 5.11. The second kappa shape index (κ2) is 6.90. The van der Waals surface area contributed by atoms with E-state index < -0.39 is 0 Å². The van der Waals surface area contributed by atoms with E-state index in [1.165, 1.54) is 11.8 Å². The summed E-state index contributed by atoms with van der Waals surface area (Å²) in [7, 11) is 0. The number of ketones is 1. The van der Waals surface area contributed by atoms with Crippen LogP contribution >= 0.6 is 23.1 Å². The highest BCUT2D eigenvalue weighted by Gasteiger charge is 2.32. The van der Waals surface area contributed by atoms with Gasteiger partial charge in [0.1, 0.15) is 0 Å². The zero-order chi connectivity index (χ0) is 19.3. The van der Waals surface area contributed by atoms with Gasteiger partial charge in [-0.15, -0.1) is 21.5 Å². The Morgan fingerprint density at radius 3 is 2.82 bits per heavy atom. The molecule has 0 unspecified atom stereocenters. The van der Waals surface area contributed by atoms with Gasteiger partial charge in [-0.1, -0.05) is 36.0 Å². The topological polar surface area (TPSA) is 63.6 Å². The summed E-state index contributed by atoms with van der Waals surface area (Å²) in [5.74, 6) is 1.05. The summed E-state index contributed by atoms with van der Waals surface area (Å²) in [6.07, 6.45) is 2.29. The number of H-pyrrole nitrogens is 1. The van der Waals surface area contributed by atoms with Crippen molar-refractivity contribution in [1.29, 1.82) is 0 Å². The summed E-state index contributed by atoms with van der Waals surface area (Å²) in [5, 5.41) is 12.5. The van der Waals surface area contributed by atoms with Crippen LogP contribution in [0.15, 0.2) is 46.9 Å². The summed E-state index contributed by atoms with van der Waals surface area (Å²) < 4.78 is 2.22. The second-order valence-corrected chi connectivity index (χ2v) is 9.44. The average Bonchev–Trinajstić information content (AvgIpc) is 3.09. The number of thiophene rings is 1. The van der Waals surface area contributed by atoms with Crippen LogP contribution in [-0.4, -0.2) is 30.8 Å². The van der Waals surface area contributed by atoms with Crippen molar-refractivity contribution >= 4 is 39.8 Å². The van der Waals surface area contributed by atoms with Crippen molar-refractivity contribution in [2.75, 3.05) is 0 Å². The number of rotatable bonds is 6. The summed E-state index contributed by atoms with van der Waals surface area (Å²) >= 11 is 3.18.